The minimum Gasteiger partial charge on any atom is -0.497 e. The van der Waals surface area contributed by atoms with Gasteiger partial charge in [0.2, 0.25) is 0 Å². The molecule has 32 heavy (non-hydrogen) atoms. The molecule has 0 aromatic heterocycles. The molecule has 0 atom stereocenters. The minimum absolute atomic E-state index is 0.217. The van der Waals surface area contributed by atoms with Gasteiger partial charge in [-0.3, -0.25) is 4.79 Å². The number of nitrogens with one attached hydrogen (secondary N) is 1. The summed E-state index contributed by atoms with van der Waals surface area (Å²) in [7, 11) is 6.16. The highest BCUT2D eigenvalue weighted by Gasteiger charge is 2.16. The highest BCUT2D eigenvalue weighted by molar-refractivity contribution is 6.32. The van der Waals surface area contributed by atoms with Gasteiger partial charge in [0, 0.05) is 23.3 Å². The average Bonchev–Trinajstić information content (AvgIpc) is 2.83. The van der Waals surface area contributed by atoms with E-state index in [9.17, 15) is 4.79 Å². The van der Waals surface area contributed by atoms with E-state index in [4.69, 9.17) is 35.3 Å². The fraction of sp³-hybridized carbons (Fsp3) is 0.208. The molecule has 3 aromatic carbocycles. The number of halogens is 1. The number of anilines is 1. The molecule has 0 radical (unpaired) electrons. The third kappa shape index (κ3) is 5.36. The molecule has 0 heterocycles. The number of rotatable bonds is 9. The molecule has 8 heteroatoms. The van der Waals surface area contributed by atoms with Crippen molar-refractivity contribution < 1.29 is 28.5 Å². The first-order valence-corrected chi connectivity index (χ1v) is 10.0. The van der Waals surface area contributed by atoms with Crippen LogP contribution in [0.3, 0.4) is 0 Å². The van der Waals surface area contributed by atoms with Crippen molar-refractivity contribution in [3.8, 4) is 28.7 Å². The molecule has 168 valence electrons. The van der Waals surface area contributed by atoms with Gasteiger partial charge in [-0.25, -0.2) is 0 Å². The van der Waals surface area contributed by atoms with Gasteiger partial charge in [-0.1, -0.05) is 11.6 Å². The molecule has 0 bridgehead atoms. The zero-order valence-electron chi connectivity index (χ0n) is 18.2. The largest absolute Gasteiger partial charge is 0.497 e. The van der Waals surface area contributed by atoms with Gasteiger partial charge in [0.05, 0.1) is 39.1 Å². The Kier molecular flexibility index (Phi) is 7.68. The van der Waals surface area contributed by atoms with Crippen molar-refractivity contribution in [3.63, 3.8) is 0 Å². The van der Waals surface area contributed by atoms with Crippen LogP contribution in [-0.4, -0.2) is 34.3 Å². The van der Waals surface area contributed by atoms with Gasteiger partial charge >= 0.3 is 0 Å². The summed E-state index contributed by atoms with van der Waals surface area (Å²) in [5, 5.41) is 3.21. The fourth-order valence-corrected chi connectivity index (χ4v) is 3.25. The van der Waals surface area contributed by atoms with Gasteiger partial charge in [-0.2, -0.15) is 0 Å². The molecule has 7 nitrogen and oxygen atoms in total. The fourth-order valence-electron chi connectivity index (χ4n) is 3.02. The van der Waals surface area contributed by atoms with Crippen molar-refractivity contribution in [1.29, 1.82) is 0 Å². The van der Waals surface area contributed by atoms with Gasteiger partial charge in [-0.15, -0.1) is 0 Å². The zero-order valence-corrected chi connectivity index (χ0v) is 19.0. The van der Waals surface area contributed by atoms with Crippen molar-refractivity contribution in [3.05, 3.63) is 70.7 Å². The maximum absolute atomic E-state index is 12.9. The Morgan fingerprint density at radius 1 is 0.781 bits per heavy atom. The predicted molar refractivity (Wildman–Crippen MR) is 123 cm³/mol. The van der Waals surface area contributed by atoms with E-state index in [1.54, 1.807) is 44.6 Å². The quantitative estimate of drug-likeness (QED) is 0.475. The number of hydrogen-bond acceptors (Lipinski definition) is 6. The molecule has 0 aliphatic heterocycles. The number of ether oxygens (including phenoxy) is 5. The Bertz CT molecular complexity index is 1080. The first-order chi connectivity index (χ1) is 15.5. The molecule has 0 fully saturated rings. The van der Waals surface area contributed by atoms with Crippen LogP contribution in [0.2, 0.25) is 5.02 Å². The maximum atomic E-state index is 12.9. The molecule has 0 spiro atoms. The van der Waals surface area contributed by atoms with E-state index < -0.39 is 0 Å². The number of carbonyl (C=O) groups excluding carboxylic acids is 1. The van der Waals surface area contributed by atoms with Crippen LogP contribution >= 0.6 is 11.6 Å². The number of benzene rings is 3. The lowest BCUT2D eigenvalue weighted by Crippen LogP contribution is -2.14. The Hall–Kier alpha value is -3.58. The monoisotopic (exact) mass is 457 g/mol. The third-order valence-corrected chi connectivity index (χ3v) is 5.01. The van der Waals surface area contributed by atoms with E-state index in [0.29, 0.717) is 39.3 Å². The molecule has 3 rings (SSSR count). The van der Waals surface area contributed by atoms with Crippen LogP contribution in [0.1, 0.15) is 15.9 Å². The number of carbonyl (C=O) groups is 1. The first kappa shape index (κ1) is 23.1. The molecule has 3 aromatic rings. The van der Waals surface area contributed by atoms with Crippen LogP contribution in [0.15, 0.2) is 54.6 Å². The van der Waals surface area contributed by atoms with Gasteiger partial charge in [0.15, 0.2) is 0 Å². The third-order valence-electron chi connectivity index (χ3n) is 4.72. The summed E-state index contributed by atoms with van der Waals surface area (Å²) in [6, 6.07) is 15.5. The number of amides is 1. The molecule has 0 saturated carbocycles. The van der Waals surface area contributed by atoms with Crippen LogP contribution in [0.5, 0.6) is 28.7 Å². The van der Waals surface area contributed by atoms with E-state index in [2.05, 4.69) is 5.32 Å². The lowest BCUT2D eigenvalue weighted by molar-refractivity contribution is 0.102. The van der Waals surface area contributed by atoms with E-state index in [0.717, 1.165) is 11.3 Å². The second kappa shape index (κ2) is 10.6. The van der Waals surface area contributed by atoms with E-state index in [-0.39, 0.29) is 12.5 Å². The molecule has 0 aliphatic rings. The highest BCUT2D eigenvalue weighted by Crippen LogP contribution is 2.36. The Morgan fingerprint density at radius 3 is 2.06 bits per heavy atom. The van der Waals surface area contributed by atoms with E-state index in [1.807, 2.05) is 24.3 Å². The molecular weight excluding hydrogens is 434 g/mol. The van der Waals surface area contributed by atoms with Gasteiger partial charge in [0.1, 0.15) is 35.4 Å². The second-order valence-electron chi connectivity index (χ2n) is 6.63. The molecule has 0 aliphatic carbocycles. The Balaban J connectivity index is 1.80. The number of hydrogen-bond donors (Lipinski definition) is 1. The summed E-state index contributed by atoms with van der Waals surface area (Å²) in [6.07, 6.45) is 0. The molecule has 1 N–H and O–H groups in total. The lowest BCUT2D eigenvalue weighted by atomic mass is 10.1. The SMILES string of the molecule is COc1ccc(OCc2cc(C(=O)Nc3cc(OC)c(Cl)cc3OC)ccc2OC)cc1. The zero-order chi connectivity index (χ0) is 23.1. The van der Waals surface area contributed by atoms with Crippen molar-refractivity contribution in [2.24, 2.45) is 0 Å². The van der Waals surface area contributed by atoms with Crippen LogP contribution < -0.4 is 29.0 Å². The highest BCUT2D eigenvalue weighted by atomic mass is 35.5. The topological polar surface area (TPSA) is 75.3 Å². The van der Waals surface area contributed by atoms with E-state index >= 15 is 0 Å². The minimum atomic E-state index is -0.332. The van der Waals surface area contributed by atoms with Crippen molar-refractivity contribution >= 4 is 23.2 Å². The van der Waals surface area contributed by atoms with Gasteiger partial charge in [0.25, 0.3) is 5.91 Å². The van der Waals surface area contributed by atoms with Gasteiger partial charge in [-0.05, 0) is 42.5 Å². The summed E-state index contributed by atoms with van der Waals surface area (Å²) < 4.78 is 27.0. The van der Waals surface area contributed by atoms with Crippen molar-refractivity contribution in [2.75, 3.05) is 33.8 Å². The second-order valence-corrected chi connectivity index (χ2v) is 7.04. The smallest absolute Gasteiger partial charge is 0.255 e. The normalized spacial score (nSPS) is 10.3. The van der Waals surface area contributed by atoms with Crippen LogP contribution in [-0.2, 0) is 6.61 Å². The molecule has 0 unspecified atom stereocenters. The summed E-state index contributed by atoms with van der Waals surface area (Å²) in [5.74, 6) is 2.53. The molecule has 1 amide bonds. The predicted octanol–water partition coefficient (Wildman–Crippen LogP) is 5.21. The summed E-state index contributed by atoms with van der Waals surface area (Å²) in [6.45, 7) is 0.217. The average molecular weight is 458 g/mol. The standard InChI is InChI=1S/C24H24ClNO6/c1-28-17-6-8-18(9-7-17)32-14-16-11-15(5-10-21(16)29-2)24(27)26-20-13-22(30-3)19(25)12-23(20)31-4/h5-13H,14H2,1-4H3,(H,26,27). The van der Waals surface area contributed by atoms with E-state index in [1.165, 1.54) is 14.2 Å². The summed E-state index contributed by atoms with van der Waals surface area (Å²) in [5.41, 5.74) is 1.58. The first-order valence-electron chi connectivity index (χ1n) is 9.65. The van der Waals surface area contributed by atoms with Crippen molar-refractivity contribution in [2.45, 2.75) is 6.61 Å². The van der Waals surface area contributed by atoms with Crippen molar-refractivity contribution in [1.82, 2.24) is 0 Å². The van der Waals surface area contributed by atoms with Crippen LogP contribution in [0.4, 0.5) is 5.69 Å². The lowest BCUT2D eigenvalue weighted by Gasteiger charge is -2.15. The Labute approximate surface area is 191 Å². The summed E-state index contributed by atoms with van der Waals surface area (Å²) in [4.78, 5) is 12.9. The van der Waals surface area contributed by atoms with Gasteiger partial charge < -0.3 is 29.0 Å². The number of methoxy groups -OCH3 is 4. The van der Waals surface area contributed by atoms with Crippen LogP contribution in [0.25, 0.3) is 0 Å². The molecule has 0 saturated heterocycles. The van der Waals surface area contributed by atoms with Crippen LogP contribution in [0, 0.1) is 0 Å². The summed E-state index contributed by atoms with van der Waals surface area (Å²) >= 11 is 6.14. The molecular formula is C24H24ClNO6. The maximum Gasteiger partial charge on any atom is 0.255 e. The Morgan fingerprint density at radius 2 is 1.44 bits per heavy atom.